The molecule has 0 aliphatic carbocycles. The standard InChI is InChI=1S/C28H38N4O2/c1-28(2,3)32-19-22-12-9-13-23(24(22)20-32)26(33)30-14-16-31(17-15-30)27(34)25(29(4)5)18-21-10-7-6-8-11-21/h6-13,25H,14-20H2,1-5H3. The SMILES string of the molecule is CN(C)C(Cc1ccccc1)C(=O)N1CCN(C(=O)c2cccc3c2CN(C(C)(C)C)C3)CC1. The second kappa shape index (κ2) is 9.88. The minimum absolute atomic E-state index is 0.0635. The Bertz CT molecular complexity index is 1020. The minimum Gasteiger partial charge on any atom is -0.338 e. The maximum Gasteiger partial charge on any atom is 0.254 e. The predicted molar refractivity (Wildman–Crippen MR) is 136 cm³/mol. The van der Waals surface area contributed by atoms with Crippen LogP contribution in [0.15, 0.2) is 48.5 Å². The van der Waals surface area contributed by atoms with Gasteiger partial charge in [-0.25, -0.2) is 0 Å². The molecule has 182 valence electrons. The summed E-state index contributed by atoms with van der Waals surface area (Å²) in [6.45, 7) is 10.6. The molecule has 0 bridgehead atoms. The third-order valence-electron chi connectivity index (χ3n) is 7.22. The zero-order valence-electron chi connectivity index (χ0n) is 21.3. The highest BCUT2D eigenvalue weighted by atomic mass is 16.2. The number of hydrogen-bond donors (Lipinski definition) is 0. The van der Waals surface area contributed by atoms with Crippen LogP contribution in [0.25, 0.3) is 0 Å². The highest BCUT2D eigenvalue weighted by Crippen LogP contribution is 2.32. The summed E-state index contributed by atoms with van der Waals surface area (Å²) in [6, 6.07) is 16.1. The fourth-order valence-electron chi connectivity index (χ4n) is 4.94. The smallest absolute Gasteiger partial charge is 0.254 e. The molecule has 4 rings (SSSR count). The molecule has 1 atom stereocenters. The Kier molecular flexibility index (Phi) is 7.10. The van der Waals surface area contributed by atoms with Crippen molar-refractivity contribution in [3.8, 4) is 0 Å². The number of fused-ring (bicyclic) bond motifs is 1. The van der Waals surface area contributed by atoms with Gasteiger partial charge in [-0.15, -0.1) is 0 Å². The lowest BCUT2D eigenvalue weighted by Crippen LogP contribution is -2.55. The van der Waals surface area contributed by atoms with Crippen molar-refractivity contribution < 1.29 is 9.59 Å². The van der Waals surface area contributed by atoms with E-state index in [1.54, 1.807) is 0 Å². The second-order valence-electron chi connectivity index (χ2n) is 10.8. The van der Waals surface area contributed by atoms with E-state index in [1.165, 1.54) is 5.56 Å². The monoisotopic (exact) mass is 462 g/mol. The molecule has 34 heavy (non-hydrogen) atoms. The van der Waals surface area contributed by atoms with Gasteiger partial charge in [0.05, 0.1) is 6.04 Å². The van der Waals surface area contributed by atoms with Crippen molar-refractivity contribution in [2.45, 2.75) is 51.9 Å². The van der Waals surface area contributed by atoms with Crippen LogP contribution < -0.4 is 0 Å². The van der Waals surface area contributed by atoms with Crippen molar-refractivity contribution in [3.05, 3.63) is 70.8 Å². The molecule has 0 saturated carbocycles. The molecular weight excluding hydrogens is 424 g/mol. The van der Waals surface area contributed by atoms with Crippen molar-refractivity contribution in [2.24, 2.45) is 0 Å². The number of likely N-dealkylation sites (N-methyl/N-ethyl adjacent to an activating group) is 1. The number of rotatable bonds is 5. The van der Waals surface area contributed by atoms with E-state index in [0.717, 1.165) is 29.8 Å². The number of piperazine rings is 1. The Labute approximate surface area is 204 Å². The number of carbonyl (C=O) groups excluding carboxylic acids is 2. The van der Waals surface area contributed by atoms with Gasteiger partial charge in [-0.05, 0) is 64.0 Å². The number of benzene rings is 2. The molecule has 2 aliphatic rings. The van der Waals surface area contributed by atoms with Crippen LogP contribution >= 0.6 is 0 Å². The average Bonchev–Trinajstić information content (AvgIpc) is 3.28. The fraction of sp³-hybridized carbons (Fsp3) is 0.500. The molecule has 1 fully saturated rings. The summed E-state index contributed by atoms with van der Waals surface area (Å²) in [5.74, 6) is 0.232. The van der Waals surface area contributed by atoms with Crippen LogP contribution in [0, 0.1) is 0 Å². The first-order chi connectivity index (χ1) is 16.1. The quantitative estimate of drug-likeness (QED) is 0.684. The summed E-state index contributed by atoms with van der Waals surface area (Å²) in [6.07, 6.45) is 0.687. The molecule has 2 aromatic rings. The van der Waals surface area contributed by atoms with Gasteiger partial charge in [0.1, 0.15) is 0 Å². The summed E-state index contributed by atoms with van der Waals surface area (Å²) in [5, 5.41) is 0. The van der Waals surface area contributed by atoms with Crippen molar-refractivity contribution >= 4 is 11.8 Å². The van der Waals surface area contributed by atoms with E-state index in [0.29, 0.717) is 32.6 Å². The van der Waals surface area contributed by atoms with Crippen LogP contribution in [0.2, 0.25) is 0 Å². The molecule has 0 spiro atoms. The Hall–Kier alpha value is -2.70. The molecular formula is C28H38N4O2. The van der Waals surface area contributed by atoms with Gasteiger partial charge in [0.15, 0.2) is 0 Å². The van der Waals surface area contributed by atoms with Gasteiger partial charge in [0, 0.05) is 50.4 Å². The van der Waals surface area contributed by atoms with E-state index in [-0.39, 0.29) is 23.4 Å². The molecule has 6 nitrogen and oxygen atoms in total. The Morgan fingerprint density at radius 3 is 2.15 bits per heavy atom. The van der Waals surface area contributed by atoms with Gasteiger partial charge < -0.3 is 9.80 Å². The number of nitrogens with zero attached hydrogens (tertiary/aromatic N) is 4. The molecule has 1 saturated heterocycles. The summed E-state index contributed by atoms with van der Waals surface area (Å²) in [7, 11) is 3.92. The Balaban J connectivity index is 1.40. The minimum atomic E-state index is -0.203. The highest BCUT2D eigenvalue weighted by molar-refractivity contribution is 5.96. The van der Waals surface area contributed by atoms with E-state index in [4.69, 9.17) is 0 Å². The van der Waals surface area contributed by atoms with Crippen molar-refractivity contribution in [2.75, 3.05) is 40.3 Å². The van der Waals surface area contributed by atoms with Crippen molar-refractivity contribution in [1.82, 2.24) is 19.6 Å². The van der Waals surface area contributed by atoms with Gasteiger partial charge in [-0.2, -0.15) is 0 Å². The normalized spacial score (nSPS) is 17.7. The zero-order chi connectivity index (χ0) is 24.5. The first-order valence-corrected chi connectivity index (χ1v) is 12.3. The molecule has 2 amide bonds. The first-order valence-electron chi connectivity index (χ1n) is 12.3. The summed E-state index contributed by atoms with van der Waals surface area (Å²) < 4.78 is 0. The lowest BCUT2D eigenvalue weighted by atomic mass is 10.0. The van der Waals surface area contributed by atoms with E-state index < -0.39 is 0 Å². The van der Waals surface area contributed by atoms with E-state index in [1.807, 2.05) is 59.1 Å². The van der Waals surface area contributed by atoms with Crippen molar-refractivity contribution in [3.63, 3.8) is 0 Å². The van der Waals surface area contributed by atoms with Gasteiger partial charge in [-0.3, -0.25) is 19.4 Å². The zero-order valence-corrected chi connectivity index (χ0v) is 21.3. The van der Waals surface area contributed by atoms with Crippen molar-refractivity contribution in [1.29, 1.82) is 0 Å². The maximum absolute atomic E-state index is 13.5. The third-order valence-corrected chi connectivity index (χ3v) is 7.22. The summed E-state index contributed by atoms with van der Waals surface area (Å²) in [4.78, 5) is 35.1. The molecule has 2 heterocycles. The molecule has 2 aliphatic heterocycles. The van der Waals surface area contributed by atoms with Gasteiger partial charge in [-0.1, -0.05) is 42.5 Å². The van der Waals surface area contributed by atoms with Crippen LogP contribution in [-0.2, 0) is 24.3 Å². The molecule has 0 aromatic heterocycles. The molecule has 2 aromatic carbocycles. The largest absolute Gasteiger partial charge is 0.338 e. The van der Waals surface area contributed by atoms with Crippen LogP contribution in [0.3, 0.4) is 0 Å². The molecule has 1 unspecified atom stereocenters. The molecule has 0 N–H and O–H groups in total. The summed E-state index contributed by atoms with van der Waals surface area (Å²) in [5.41, 5.74) is 4.46. The molecule has 0 radical (unpaired) electrons. The van der Waals surface area contributed by atoms with E-state index in [9.17, 15) is 9.59 Å². The predicted octanol–water partition coefficient (Wildman–Crippen LogP) is 3.26. The van der Waals surface area contributed by atoms with Gasteiger partial charge in [0.25, 0.3) is 5.91 Å². The summed E-state index contributed by atoms with van der Waals surface area (Å²) >= 11 is 0. The first kappa shape index (κ1) is 24.4. The van der Waals surface area contributed by atoms with E-state index >= 15 is 0 Å². The van der Waals surface area contributed by atoms with Crippen LogP contribution in [0.4, 0.5) is 0 Å². The Morgan fingerprint density at radius 1 is 0.882 bits per heavy atom. The maximum atomic E-state index is 13.5. The highest BCUT2D eigenvalue weighted by Gasteiger charge is 2.34. The third kappa shape index (κ3) is 5.18. The van der Waals surface area contributed by atoms with Crippen LogP contribution in [0.1, 0.15) is 47.8 Å². The molecule has 6 heteroatoms. The topological polar surface area (TPSA) is 47.1 Å². The second-order valence-corrected chi connectivity index (χ2v) is 10.8. The van der Waals surface area contributed by atoms with Crippen LogP contribution in [-0.4, -0.2) is 83.3 Å². The van der Waals surface area contributed by atoms with Gasteiger partial charge >= 0.3 is 0 Å². The van der Waals surface area contributed by atoms with Gasteiger partial charge in [0.2, 0.25) is 5.91 Å². The van der Waals surface area contributed by atoms with Crippen LogP contribution in [0.5, 0.6) is 0 Å². The number of hydrogen-bond acceptors (Lipinski definition) is 4. The lowest BCUT2D eigenvalue weighted by Gasteiger charge is -2.38. The fourth-order valence-corrected chi connectivity index (χ4v) is 4.94. The lowest BCUT2D eigenvalue weighted by molar-refractivity contribution is -0.137. The average molecular weight is 463 g/mol. The Morgan fingerprint density at radius 2 is 1.53 bits per heavy atom. The van der Waals surface area contributed by atoms with E-state index in [2.05, 4.69) is 43.9 Å². The number of amides is 2. The number of carbonyl (C=O) groups is 2.